The Labute approximate surface area is 112 Å². The van der Waals surface area contributed by atoms with Crippen LogP contribution in [0.15, 0.2) is 18.2 Å². The van der Waals surface area contributed by atoms with Crippen molar-refractivity contribution in [3.8, 4) is 0 Å². The molecule has 0 aromatic heterocycles. The molecule has 2 nitrogen and oxygen atoms in total. The average Bonchev–Trinajstić information content (AvgIpc) is 2.62. The van der Waals surface area contributed by atoms with Crippen LogP contribution in [-0.4, -0.2) is 12.9 Å². The lowest BCUT2D eigenvalue weighted by Gasteiger charge is -2.18. The number of ether oxygens (including phenoxy) is 2. The Balaban J connectivity index is 2.01. The molecule has 3 atom stereocenters. The molecule has 1 aromatic carbocycles. The summed E-state index contributed by atoms with van der Waals surface area (Å²) >= 11 is 11.9. The van der Waals surface area contributed by atoms with Gasteiger partial charge in [0.2, 0.25) is 0 Å². The maximum atomic E-state index is 5.96. The van der Waals surface area contributed by atoms with Crippen LogP contribution in [0, 0.1) is 5.92 Å². The Hall–Kier alpha value is -0.280. The predicted octanol–water partition coefficient (Wildman–Crippen LogP) is 4.45. The Morgan fingerprint density at radius 2 is 1.94 bits per heavy atom. The largest absolute Gasteiger partial charge is 0.352 e. The van der Waals surface area contributed by atoms with Crippen LogP contribution < -0.4 is 0 Å². The lowest BCUT2D eigenvalue weighted by molar-refractivity contribution is -0.140. The highest BCUT2D eigenvalue weighted by atomic mass is 35.5. The fourth-order valence-corrected chi connectivity index (χ4v) is 2.49. The first kappa shape index (κ1) is 13.2. The van der Waals surface area contributed by atoms with Crippen molar-refractivity contribution < 1.29 is 9.47 Å². The van der Waals surface area contributed by atoms with Gasteiger partial charge < -0.3 is 9.47 Å². The van der Waals surface area contributed by atoms with Gasteiger partial charge in [0, 0.05) is 16.5 Å². The Bertz CT molecular complexity index is 375. The van der Waals surface area contributed by atoms with Crippen molar-refractivity contribution in [2.75, 3.05) is 6.61 Å². The van der Waals surface area contributed by atoms with Crippen molar-refractivity contribution in [2.45, 2.75) is 32.7 Å². The second-order valence-electron chi connectivity index (χ2n) is 4.58. The molecule has 4 heteroatoms. The summed E-state index contributed by atoms with van der Waals surface area (Å²) in [5, 5.41) is 1.26. The van der Waals surface area contributed by atoms with Gasteiger partial charge in [0.25, 0.3) is 0 Å². The van der Waals surface area contributed by atoms with E-state index in [2.05, 4.69) is 6.92 Å². The fraction of sp³-hybridized carbons (Fsp3) is 0.538. The highest BCUT2D eigenvalue weighted by molar-refractivity contribution is 6.34. The minimum Gasteiger partial charge on any atom is -0.352 e. The summed E-state index contributed by atoms with van der Waals surface area (Å²) in [6, 6.07) is 5.46. The van der Waals surface area contributed by atoms with E-state index in [0.29, 0.717) is 16.0 Å². The Kier molecular flexibility index (Phi) is 4.31. The van der Waals surface area contributed by atoms with E-state index in [4.69, 9.17) is 32.7 Å². The molecule has 1 saturated heterocycles. The van der Waals surface area contributed by atoms with Gasteiger partial charge >= 0.3 is 0 Å². The van der Waals surface area contributed by atoms with E-state index in [0.717, 1.165) is 18.6 Å². The van der Waals surface area contributed by atoms with E-state index in [-0.39, 0.29) is 12.4 Å². The first-order valence-corrected chi connectivity index (χ1v) is 6.53. The van der Waals surface area contributed by atoms with Gasteiger partial charge in [-0.15, -0.1) is 0 Å². The summed E-state index contributed by atoms with van der Waals surface area (Å²) < 4.78 is 11.4. The molecular formula is C13H16Cl2O2. The molecule has 0 aliphatic carbocycles. The van der Waals surface area contributed by atoms with Gasteiger partial charge in [-0.05, 0) is 36.6 Å². The summed E-state index contributed by atoms with van der Waals surface area (Å²) in [5.41, 5.74) is 0.977. The normalized spacial score (nSPS) is 26.1. The number of benzene rings is 1. The quantitative estimate of drug-likeness (QED) is 0.811. The van der Waals surface area contributed by atoms with Crippen LogP contribution in [0.25, 0.3) is 0 Å². The molecule has 0 amide bonds. The number of rotatable bonds is 3. The topological polar surface area (TPSA) is 18.5 Å². The third-order valence-electron chi connectivity index (χ3n) is 2.87. The molecule has 94 valence electrons. The van der Waals surface area contributed by atoms with Gasteiger partial charge in [-0.2, -0.15) is 0 Å². The smallest absolute Gasteiger partial charge is 0.158 e. The maximum absolute atomic E-state index is 5.96. The first-order chi connectivity index (χ1) is 8.04. The van der Waals surface area contributed by atoms with Crippen molar-refractivity contribution in [3.05, 3.63) is 33.8 Å². The summed E-state index contributed by atoms with van der Waals surface area (Å²) in [6.45, 7) is 4.91. The minimum atomic E-state index is -0.113. The summed E-state index contributed by atoms with van der Waals surface area (Å²) in [7, 11) is 0. The predicted molar refractivity (Wildman–Crippen MR) is 69.5 cm³/mol. The monoisotopic (exact) mass is 274 g/mol. The highest BCUT2D eigenvalue weighted by Crippen LogP contribution is 2.29. The number of halogens is 2. The van der Waals surface area contributed by atoms with Crippen molar-refractivity contribution in [2.24, 2.45) is 5.92 Å². The lowest BCUT2D eigenvalue weighted by atomic mass is 10.1. The van der Waals surface area contributed by atoms with E-state index >= 15 is 0 Å². The number of hydrogen-bond donors (Lipinski definition) is 0. The molecule has 0 N–H and O–H groups in total. The highest BCUT2D eigenvalue weighted by Gasteiger charge is 2.24. The molecule has 0 bridgehead atoms. The van der Waals surface area contributed by atoms with Crippen LogP contribution in [0.4, 0.5) is 0 Å². The van der Waals surface area contributed by atoms with Gasteiger partial charge in [-0.3, -0.25) is 0 Å². The zero-order valence-corrected chi connectivity index (χ0v) is 11.5. The number of hydrogen-bond acceptors (Lipinski definition) is 2. The maximum Gasteiger partial charge on any atom is 0.158 e. The second-order valence-corrected chi connectivity index (χ2v) is 5.46. The van der Waals surface area contributed by atoms with Gasteiger partial charge in [0.15, 0.2) is 6.29 Å². The van der Waals surface area contributed by atoms with Crippen molar-refractivity contribution in [1.29, 1.82) is 0 Å². The zero-order chi connectivity index (χ0) is 12.4. The lowest BCUT2D eigenvalue weighted by Crippen LogP contribution is -2.13. The molecule has 1 aliphatic rings. The van der Waals surface area contributed by atoms with Crippen molar-refractivity contribution >= 4 is 23.2 Å². The van der Waals surface area contributed by atoms with Crippen LogP contribution in [0.3, 0.4) is 0 Å². The van der Waals surface area contributed by atoms with E-state index in [1.54, 1.807) is 6.07 Å². The third-order valence-corrected chi connectivity index (χ3v) is 3.31. The molecule has 1 fully saturated rings. The molecule has 2 rings (SSSR count). The first-order valence-electron chi connectivity index (χ1n) is 5.77. The minimum absolute atomic E-state index is 0.0681. The van der Waals surface area contributed by atoms with Crippen LogP contribution in [-0.2, 0) is 9.47 Å². The Morgan fingerprint density at radius 3 is 2.47 bits per heavy atom. The van der Waals surface area contributed by atoms with E-state index in [9.17, 15) is 0 Å². The van der Waals surface area contributed by atoms with Crippen LogP contribution >= 0.6 is 23.2 Å². The molecule has 1 unspecified atom stereocenters. The molecule has 0 radical (unpaired) electrons. The molecule has 1 aliphatic heterocycles. The summed E-state index contributed by atoms with van der Waals surface area (Å²) in [6.07, 6.45) is 0.762. The SMILES string of the molecule is C[C@H]1COC(O[C@H](C)c2cc(Cl)cc(Cl)c2)C1. The average molecular weight is 275 g/mol. The van der Waals surface area contributed by atoms with Crippen LogP contribution in [0.2, 0.25) is 10.0 Å². The van der Waals surface area contributed by atoms with Gasteiger partial charge in [0.05, 0.1) is 12.7 Å². The fourth-order valence-electron chi connectivity index (χ4n) is 1.95. The zero-order valence-electron chi connectivity index (χ0n) is 9.95. The van der Waals surface area contributed by atoms with E-state index in [1.165, 1.54) is 0 Å². The molecule has 0 saturated carbocycles. The third kappa shape index (κ3) is 3.59. The molecule has 1 aromatic rings. The van der Waals surface area contributed by atoms with Gasteiger partial charge in [-0.1, -0.05) is 30.1 Å². The molecule has 1 heterocycles. The van der Waals surface area contributed by atoms with E-state index < -0.39 is 0 Å². The molecular weight excluding hydrogens is 259 g/mol. The second kappa shape index (κ2) is 5.57. The molecule has 0 spiro atoms. The van der Waals surface area contributed by atoms with Crippen LogP contribution in [0.1, 0.15) is 31.9 Å². The Morgan fingerprint density at radius 1 is 1.29 bits per heavy atom. The van der Waals surface area contributed by atoms with Crippen molar-refractivity contribution in [1.82, 2.24) is 0 Å². The summed E-state index contributed by atoms with van der Waals surface area (Å²) in [5.74, 6) is 0.565. The van der Waals surface area contributed by atoms with Crippen molar-refractivity contribution in [3.63, 3.8) is 0 Å². The van der Waals surface area contributed by atoms with E-state index in [1.807, 2.05) is 19.1 Å². The summed E-state index contributed by atoms with van der Waals surface area (Å²) in [4.78, 5) is 0. The molecule has 17 heavy (non-hydrogen) atoms. The van der Waals surface area contributed by atoms with Gasteiger partial charge in [0.1, 0.15) is 0 Å². The van der Waals surface area contributed by atoms with Crippen LogP contribution in [0.5, 0.6) is 0 Å². The standard InChI is InChI=1S/C13H16Cl2O2/c1-8-3-13(16-7-8)17-9(2)10-4-11(14)6-12(15)5-10/h4-6,8-9,13H,3,7H2,1-2H3/t8-,9-,13?/m1/s1. The van der Waals surface area contributed by atoms with Gasteiger partial charge in [-0.25, -0.2) is 0 Å².